The van der Waals surface area contributed by atoms with Crippen LogP contribution in [0.1, 0.15) is 35.2 Å². The number of thiazole rings is 1. The third-order valence-corrected chi connectivity index (χ3v) is 5.00. The fraction of sp³-hybridized carbons (Fsp3) is 0.526. The summed E-state index contributed by atoms with van der Waals surface area (Å²) in [7, 11) is 0. The Kier molecular flexibility index (Phi) is 6.82. The lowest BCUT2D eigenvalue weighted by molar-refractivity contribution is 0.288. The highest BCUT2D eigenvalue weighted by atomic mass is 32.1. The van der Waals surface area contributed by atoms with Crippen molar-refractivity contribution in [1.29, 1.82) is 0 Å². The summed E-state index contributed by atoms with van der Waals surface area (Å²) in [5.74, 6) is 2.24. The monoisotopic (exact) mass is 373 g/mol. The van der Waals surface area contributed by atoms with Gasteiger partial charge in [-0.3, -0.25) is 0 Å². The number of nitrogens with one attached hydrogen (secondary N) is 2. The van der Waals surface area contributed by atoms with Crippen molar-refractivity contribution in [1.82, 2.24) is 20.6 Å². The minimum absolute atomic E-state index is 0.591. The van der Waals surface area contributed by atoms with E-state index in [1.165, 1.54) is 17.7 Å². The summed E-state index contributed by atoms with van der Waals surface area (Å²) >= 11 is 1.74. The number of nitrogens with zero attached hydrogens (tertiary/aromatic N) is 3. The van der Waals surface area contributed by atoms with E-state index in [-0.39, 0.29) is 0 Å². The van der Waals surface area contributed by atoms with Gasteiger partial charge < -0.3 is 15.4 Å². The third kappa shape index (κ3) is 6.29. The zero-order chi connectivity index (χ0) is 18.2. The van der Waals surface area contributed by atoms with Gasteiger partial charge in [-0.15, -0.1) is 11.3 Å². The Hall–Kier alpha value is -2.15. The van der Waals surface area contributed by atoms with Crippen LogP contribution in [0.25, 0.3) is 0 Å². The van der Waals surface area contributed by atoms with E-state index in [4.69, 9.17) is 4.74 Å². The summed E-state index contributed by atoms with van der Waals surface area (Å²) < 4.78 is 5.74. The van der Waals surface area contributed by atoms with Crippen molar-refractivity contribution in [3.63, 3.8) is 0 Å². The standard InChI is InChI=1S/C19H27N5OS/c1-3-20-19(22-9-7-18-23-11-14(2)26-18)24-12-16-6-8-21-17(10-16)25-13-15-4-5-15/h6,8,10-11,15H,3-5,7,9,12-13H2,1-2H3,(H2,20,22,24). The average Bonchev–Trinajstić information content (AvgIpc) is 3.39. The second-order valence-electron chi connectivity index (χ2n) is 6.49. The van der Waals surface area contributed by atoms with E-state index in [0.29, 0.717) is 12.4 Å². The zero-order valence-electron chi connectivity index (χ0n) is 15.5. The molecule has 0 unspecified atom stereocenters. The number of hydrogen-bond acceptors (Lipinski definition) is 5. The van der Waals surface area contributed by atoms with Crippen LogP contribution in [0.5, 0.6) is 5.88 Å². The molecule has 140 valence electrons. The van der Waals surface area contributed by atoms with E-state index < -0.39 is 0 Å². The molecule has 0 radical (unpaired) electrons. The van der Waals surface area contributed by atoms with Crippen LogP contribution in [-0.4, -0.2) is 35.6 Å². The Labute approximate surface area is 159 Å². The van der Waals surface area contributed by atoms with Gasteiger partial charge >= 0.3 is 0 Å². The van der Waals surface area contributed by atoms with E-state index in [2.05, 4.69) is 39.4 Å². The Balaban J connectivity index is 1.49. The van der Waals surface area contributed by atoms with Gasteiger partial charge in [0, 0.05) is 42.8 Å². The van der Waals surface area contributed by atoms with Crippen LogP contribution < -0.4 is 15.4 Å². The largest absolute Gasteiger partial charge is 0.477 e. The second-order valence-corrected chi connectivity index (χ2v) is 7.81. The molecule has 2 heterocycles. The molecule has 2 N–H and O–H groups in total. The summed E-state index contributed by atoms with van der Waals surface area (Å²) in [6, 6.07) is 3.96. The highest BCUT2D eigenvalue weighted by Crippen LogP contribution is 2.29. The molecule has 0 aromatic carbocycles. The van der Waals surface area contributed by atoms with Gasteiger partial charge in [0.1, 0.15) is 0 Å². The molecule has 0 aliphatic heterocycles. The summed E-state index contributed by atoms with van der Waals surface area (Å²) in [5.41, 5.74) is 1.10. The van der Waals surface area contributed by atoms with E-state index in [1.807, 2.05) is 18.3 Å². The molecule has 1 aliphatic carbocycles. The number of guanidine groups is 1. The number of aromatic nitrogens is 2. The number of aliphatic imine (C=N–C) groups is 1. The van der Waals surface area contributed by atoms with Crippen molar-refractivity contribution in [2.75, 3.05) is 19.7 Å². The van der Waals surface area contributed by atoms with Crippen molar-refractivity contribution in [2.45, 2.75) is 39.7 Å². The van der Waals surface area contributed by atoms with Crippen LogP contribution in [0.3, 0.4) is 0 Å². The van der Waals surface area contributed by atoms with Crippen LogP contribution in [-0.2, 0) is 13.0 Å². The van der Waals surface area contributed by atoms with Crippen LogP contribution in [0, 0.1) is 12.8 Å². The SMILES string of the molecule is CCNC(=NCc1ccnc(OCC2CC2)c1)NCCc1ncc(C)s1. The molecule has 2 aromatic heterocycles. The number of aryl methyl sites for hydroxylation is 1. The molecule has 3 rings (SSSR count). The summed E-state index contributed by atoms with van der Waals surface area (Å²) in [5, 5.41) is 7.80. The molecule has 6 nitrogen and oxygen atoms in total. The topological polar surface area (TPSA) is 71.4 Å². The number of hydrogen-bond donors (Lipinski definition) is 2. The van der Waals surface area contributed by atoms with Crippen molar-refractivity contribution in [3.8, 4) is 5.88 Å². The molecule has 1 saturated carbocycles. The van der Waals surface area contributed by atoms with Crippen molar-refractivity contribution < 1.29 is 4.74 Å². The molecule has 0 bridgehead atoms. The highest BCUT2D eigenvalue weighted by molar-refractivity contribution is 7.11. The van der Waals surface area contributed by atoms with Crippen molar-refractivity contribution in [3.05, 3.63) is 40.0 Å². The molecule has 0 saturated heterocycles. The van der Waals surface area contributed by atoms with Gasteiger partial charge in [0.15, 0.2) is 5.96 Å². The first-order chi connectivity index (χ1) is 12.7. The van der Waals surface area contributed by atoms with Gasteiger partial charge in [-0.2, -0.15) is 0 Å². The number of rotatable bonds is 9. The molecular weight excluding hydrogens is 346 g/mol. The first-order valence-corrected chi connectivity index (χ1v) is 10.1. The quantitative estimate of drug-likeness (QED) is 0.522. The van der Waals surface area contributed by atoms with Gasteiger partial charge in [0.2, 0.25) is 5.88 Å². The molecule has 2 aromatic rings. The smallest absolute Gasteiger partial charge is 0.213 e. The van der Waals surface area contributed by atoms with Gasteiger partial charge in [-0.25, -0.2) is 15.0 Å². The van der Waals surface area contributed by atoms with Crippen molar-refractivity contribution in [2.24, 2.45) is 10.9 Å². The molecule has 0 spiro atoms. The van der Waals surface area contributed by atoms with Crippen molar-refractivity contribution >= 4 is 17.3 Å². The Morgan fingerprint density at radius 1 is 1.35 bits per heavy atom. The molecule has 0 atom stereocenters. The third-order valence-electron chi connectivity index (χ3n) is 4.03. The Bertz CT molecular complexity index is 726. The lowest BCUT2D eigenvalue weighted by Gasteiger charge is -2.11. The lowest BCUT2D eigenvalue weighted by atomic mass is 10.3. The van der Waals surface area contributed by atoms with Crippen LogP contribution in [0.4, 0.5) is 0 Å². The lowest BCUT2D eigenvalue weighted by Crippen LogP contribution is -2.38. The van der Waals surface area contributed by atoms with Gasteiger partial charge in [-0.05, 0) is 44.2 Å². The Morgan fingerprint density at radius 3 is 2.96 bits per heavy atom. The van der Waals surface area contributed by atoms with E-state index in [9.17, 15) is 0 Å². The number of pyridine rings is 1. The minimum Gasteiger partial charge on any atom is -0.477 e. The van der Waals surface area contributed by atoms with E-state index >= 15 is 0 Å². The normalized spacial score (nSPS) is 14.3. The Morgan fingerprint density at radius 2 is 2.23 bits per heavy atom. The first-order valence-electron chi connectivity index (χ1n) is 9.24. The zero-order valence-corrected chi connectivity index (χ0v) is 16.3. The maximum absolute atomic E-state index is 5.74. The fourth-order valence-electron chi connectivity index (χ4n) is 2.43. The minimum atomic E-state index is 0.591. The first kappa shape index (κ1) is 18.6. The maximum atomic E-state index is 5.74. The van der Waals surface area contributed by atoms with Crippen LogP contribution >= 0.6 is 11.3 Å². The molecule has 0 amide bonds. The van der Waals surface area contributed by atoms with E-state index in [0.717, 1.165) is 48.6 Å². The summed E-state index contributed by atoms with van der Waals surface area (Å²) in [4.78, 5) is 14.6. The van der Waals surface area contributed by atoms with E-state index in [1.54, 1.807) is 17.5 Å². The average molecular weight is 374 g/mol. The predicted molar refractivity (Wildman–Crippen MR) is 106 cm³/mol. The highest BCUT2D eigenvalue weighted by Gasteiger charge is 2.22. The van der Waals surface area contributed by atoms with Gasteiger partial charge in [0.25, 0.3) is 0 Å². The predicted octanol–water partition coefficient (Wildman–Crippen LogP) is 2.93. The van der Waals surface area contributed by atoms with Crippen LogP contribution in [0.15, 0.2) is 29.5 Å². The molecule has 26 heavy (non-hydrogen) atoms. The second kappa shape index (κ2) is 9.52. The number of ether oxygens (including phenoxy) is 1. The summed E-state index contributed by atoms with van der Waals surface area (Å²) in [6.07, 6.45) is 7.17. The molecular formula is C19H27N5OS. The van der Waals surface area contributed by atoms with Gasteiger partial charge in [0.05, 0.1) is 18.2 Å². The molecule has 1 fully saturated rings. The maximum Gasteiger partial charge on any atom is 0.213 e. The van der Waals surface area contributed by atoms with Gasteiger partial charge in [-0.1, -0.05) is 0 Å². The summed E-state index contributed by atoms with van der Waals surface area (Å²) in [6.45, 7) is 7.16. The molecule has 7 heteroatoms. The molecule has 1 aliphatic rings. The fourth-order valence-corrected chi connectivity index (χ4v) is 3.22. The van der Waals surface area contributed by atoms with Crippen LogP contribution in [0.2, 0.25) is 0 Å².